The number of hydrogen-bond donors (Lipinski definition) is 2. The molecule has 1 aliphatic rings. The maximum atomic E-state index is 11.9. The number of ether oxygens (including phenoxy) is 1. The van der Waals surface area contributed by atoms with E-state index in [2.05, 4.69) is 17.6 Å². The van der Waals surface area contributed by atoms with E-state index in [1.54, 1.807) is 0 Å². The third-order valence-corrected chi connectivity index (χ3v) is 3.01. The number of nitrogens with one attached hydrogen (secondary N) is 2. The van der Waals surface area contributed by atoms with Gasteiger partial charge in [0, 0.05) is 25.1 Å². The lowest BCUT2D eigenvalue weighted by Crippen LogP contribution is -2.43. The molecule has 2 N–H and O–H groups in total. The van der Waals surface area contributed by atoms with Gasteiger partial charge >= 0.3 is 0 Å². The van der Waals surface area contributed by atoms with Gasteiger partial charge in [-0.25, -0.2) is 0 Å². The summed E-state index contributed by atoms with van der Waals surface area (Å²) in [5, 5.41) is 6.31. The molecule has 0 radical (unpaired) electrons. The Bertz CT molecular complexity index is 221. The Morgan fingerprint density at radius 2 is 2.38 bits per heavy atom. The molecule has 3 unspecified atom stereocenters. The van der Waals surface area contributed by atoms with Gasteiger partial charge in [0.1, 0.15) is 0 Å². The lowest BCUT2D eigenvalue weighted by Gasteiger charge is -2.27. The second-order valence-electron chi connectivity index (χ2n) is 4.59. The molecule has 16 heavy (non-hydrogen) atoms. The fourth-order valence-corrected chi connectivity index (χ4v) is 2.10. The minimum absolute atomic E-state index is 0.105. The number of amides is 1. The normalized spacial score (nSPS) is 27.4. The Morgan fingerprint density at radius 3 is 3.00 bits per heavy atom. The molecule has 4 nitrogen and oxygen atoms in total. The van der Waals surface area contributed by atoms with Crippen LogP contribution in [0.5, 0.6) is 0 Å². The molecule has 0 aromatic rings. The summed E-state index contributed by atoms with van der Waals surface area (Å²) in [4.78, 5) is 11.9. The number of carbonyl (C=O) groups excluding carboxylic acids is 1. The van der Waals surface area contributed by atoms with Crippen LogP contribution in [0.2, 0.25) is 0 Å². The molecule has 1 heterocycles. The Labute approximate surface area is 98.1 Å². The molecule has 1 rings (SSSR count). The Kier molecular flexibility index (Phi) is 5.77. The molecular weight excluding hydrogens is 204 g/mol. The Hall–Kier alpha value is -0.610. The highest BCUT2D eigenvalue weighted by atomic mass is 16.5. The maximum Gasteiger partial charge on any atom is 0.223 e. The van der Waals surface area contributed by atoms with Crippen molar-refractivity contribution >= 4 is 5.91 Å². The summed E-state index contributed by atoms with van der Waals surface area (Å²) in [6.07, 6.45) is 1.99. The van der Waals surface area contributed by atoms with Crippen molar-refractivity contribution in [1.82, 2.24) is 10.6 Å². The lowest BCUT2D eigenvalue weighted by molar-refractivity contribution is -0.126. The second kappa shape index (κ2) is 6.86. The third-order valence-electron chi connectivity index (χ3n) is 3.01. The van der Waals surface area contributed by atoms with Gasteiger partial charge in [0.15, 0.2) is 0 Å². The van der Waals surface area contributed by atoms with Crippen LogP contribution >= 0.6 is 0 Å². The van der Waals surface area contributed by atoms with E-state index in [1.165, 1.54) is 0 Å². The third kappa shape index (κ3) is 4.49. The second-order valence-corrected chi connectivity index (χ2v) is 4.59. The van der Waals surface area contributed by atoms with Crippen LogP contribution in [0.4, 0.5) is 0 Å². The largest absolute Gasteiger partial charge is 0.377 e. The highest BCUT2D eigenvalue weighted by Crippen LogP contribution is 2.15. The van der Waals surface area contributed by atoms with E-state index < -0.39 is 0 Å². The van der Waals surface area contributed by atoms with E-state index in [9.17, 15) is 4.79 Å². The van der Waals surface area contributed by atoms with Crippen LogP contribution in [0.15, 0.2) is 0 Å². The van der Waals surface area contributed by atoms with E-state index in [0.717, 1.165) is 19.4 Å². The van der Waals surface area contributed by atoms with Gasteiger partial charge in [-0.05, 0) is 40.2 Å². The highest BCUT2D eigenvalue weighted by Gasteiger charge is 2.24. The molecule has 1 saturated heterocycles. The molecule has 4 heteroatoms. The van der Waals surface area contributed by atoms with Gasteiger partial charge in [0.05, 0.1) is 6.10 Å². The number of piperidine rings is 1. The zero-order valence-corrected chi connectivity index (χ0v) is 10.6. The standard InChI is InChI=1S/C12H24N2O2/c1-4-16-10(3)8-14-12(15)11-5-6-13-9(2)7-11/h9-11,13H,4-8H2,1-3H3,(H,14,15). The van der Waals surface area contributed by atoms with Crippen molar-refractivity contribution in [3.05, 3.63) is 0 Å². The van der Waals surface area contributed by atoms with Crippen molar-refractivity contribution in [3.63, 3.8) is 0 Å². The van der Waals surface area contributed by atoms with Crippen molar-refractivity contribution in [1.29, 1.82) is 0 Å². The van der Waals surface area contributed by atoms with Crippen LogP contribution in [-0.2, 0) is 9.53 Å². The van der Waals surface area contributed by atoms with Crippen LogP contribution in [0.25, 0.3) is 0 Å². The van der Waals surface area contributed by atoms with E-state index in [1.807, 2.05) is 13.8 Å². The first kappa shape index (κ1) is 13.5. The minimum Gasteiger partial charge on any atom is -0.377 e. The summed E-state index contributed by atoms with van der Waals surface area (Å²) < 4.78 is 5.37. The maximum absolute atomic E-state index is 11.9. The van der Waals surface area contributed by atoms with Gasteiger partial charge in [-0.3, -0.25) is 4.79 Å². The number of hydrogen-bond acceptors (Lipinski definition) is 3. The van der Waals surface area contributed by atoms with Gasteiger partial charge in [-0.1, -0.05) is 0 Å². The number of rotatable bonds is 5. The summed E-state index contributed by atoms with van der Waals surface area (Å²) in [5.41, 5.74) is 0. The van der Waals surface area contributed by atoms with Crippen molar-refractivity contribution in [3.8, 4) is 0 Å². The molecule has 94 valence electrons. The molecule has 0 aliphatic carbocycles. The predicted molar refractivity (Wildman–Crippen MR) is 64.3 cm³/mol. The zero-order valence-electron chi connectivity index (χ0n) is 10.6. The first-order valence-electron chi connectivity index (χ1n) is 6.26. The van der Waals surface area contributed by atoms with Gasteiger partial charge in [0.25, 0.3) is 0 Å². The molecule has 0 aromatic heterocycles. The fourth-order valence-electron chi connectivity index (χ4n) is 2.10. The molecule has 3 atom stereocenters. The summed E-state index contributed by atoms with van der Waals surface area (Å²) >= 11 is 0. The fraction of sp³-hybridized carbons (Fsp3) is 0.917. The van der Waals surface area contributed by atoms with Crippen LogP contribution in [0, 0.1) is 5.92 Å². The monoisotopic (exact) mass is 228 g/mol. The molecule has 0 spiro atoms. The van der Waals surface area contributed by atoms with Crippen molar-refractivity contribution in [2.75, 3.05) is 19.7 Å². The molecule has 1 aliphatic heterocycles. The van der Waals surface area contributed by atoms with Gasteiger partial charge < -0.3 is 15.4 Å². The first-order valence-corrected chi connectivity index (χ1v) is 6.26. The van der Waals surface area contributed by atoms with Crippen LogP contribution in [0.3, 0.4) is 0 Å². The van der Waals surface area contributed by atoms with E-state index in [0.29, 0.717) is 19.2 Å². The molecule has 1 amide bonds. The van der Waals surface area contributed by atoms with Crippen molar-refractivity contribution in [2.24, 2.45) is 5.92 Å². The smallest absolute Gasteiger partial charge is 0.223 e. The summed E-state index contributed by atoms with van der Waals surface area (Å²) in [6.45, 7) is 8.33. The van der Waals surface area contributed by atoms with E-state index in [-0.39, 0.29) is 17.9 Å². The minimum atomic E-state index is 0.105. The van der Waals surface area contributed by atoms with E-state index >= 15 is 0 Å². The molecule has 0 saturated carbocycles. The first-order chi connectivity index (χ1) is 7.63. The van der Waals surface area contributed by atoms with Crippen LogP contribution in [-0.4, -0.2) is 37.7 Å². The van der Waals surface area contributed by atoms with Gasteiger partial charge in [0.2, 0.25) is 5.91 Å². The van der Waals surface area contributed by atoms with Crippen LogP contribution < -0.4 is 10.6 Å². The summed E-state index contributed by atoms with van der Waals surface area (Å²) in [5.74, 6) is 0.352. The summed E-state index contributed by atoms with van der Waals surface area (Å²) in [6, 6.07) is 0.453. The average molecular weight is 228 g/mol. The Morgan fingerprint density at radius 1 is 1.62 bits per heavy atom. The van der Waals surface area contributed by atoms with Gasteiger partial charge in [-0.2, -0.15) is 0 Å². The Balaban J connectivity index is 2.23. The van der Waals surface area contributed by atoms with Crippen LogP contribution in [0.1, 0.15) is 33.6 Å². The molecule has 0 aromatic carbocycles. The quantitative estimate of drug-likeness (QED) is 0.735. The summed E-state index contributed by atoms with van der Waals surface area (Å²) in [7, 11) is 0. The SMILES string of the molecule is CCOC(C)CNC(=O)C1CCNC(C)C1. The van der Waals surface area contributed by atoms with Crippen molar-refractivity contribution < 1.29 is 9.53 Å². The van der Waals surface area contributed by atoms with Gasteiger partial charge in [-0.15, -0.1) is 0 Å². The number of carbonyl (C=O) groups is 1. The molecule has 1 fully saturated rings. The highest BCUT2D eigenvalue weighted by molar-refractivity contribution is 5.78. The molecular formula is C12H24N2O2. The van der Waals surface area contributed by atoms with Crippen molar-refractivity contribution in [2.45, 2.75) is 45.8 Å². The lowest BCUT2D eigenvalue weighted by atomic mass is 9.92. The average Bonchev–Trinajstić information content (AvgIpc) is 2.26. The predicted octanol–water partition coefficient (Wildman–Crippen LogP) is 0.916. The van der Waals surface area contributed by atoms with E-state index in [4.69, 9.17) is 4.74 Å². The molecule has 0 bridgehead atoms. The zero-order chi connectivity index (χ0) is 12.0. The topological polar surface area (TPSA) is 50.4 Å².